The van der Waals surface area contributed by atoms with E-state index in [4.69, 9.17) is 11.6 Å². The Balaban J connectivity index is 3.50. The summed E-state index contributed by atoms with van der Waals surface area (Å²) in [5.74, 6) is -1.57. The number of alkyl halides is 2. The van der Waals surface area contributed by atoms with Crippen molar-refractivity contribution in [3.05, 3.63) is 32.8 Å². The number of rotatable bonds is 2. The maximum absolute atomic E-state index is 12.7. The van der Waals surface area contributed by atoms with E-state index in [1.807, 2.05) is 0 Å². The van der Waals surface area contributed by atoms with Crippen molar-refractivity contribution in [1.29, 1.82) is 0 Å². The van der Waals surface area contributed by atoms with Gasteiger partial charge in [-0.05, 0) is 0 Å². The SMILES string of the molecule is O=[N+]([O-])c1c(F)ncc(Cl)c1C(F)F. The van der Waals surface area contributed by atoms with Crippen LogP contribution in [0.3, 0.4) is 0 Å². The summed E-state index contributed by atoms with van der Waals surface area (Å²) in [6, 6.07) is 0. The van der Waals surface area contributed by atoms with Crippen molar-refractivity contribution >= 4 is 17.3 Å². The minimum atomic E-state index is -3.22. The summed E-state index contributed by atoms with van der Waals surface area (Å²) in [6.07, 6.45) is -2.62. The quantitative estimate of drug-likeness (QED) is 0.443. The Bertz CT molecular complexity index is 386. The maximum atomic E-state index is 12.7. The fourth-order valence-corrected chi connectivity index (χ4v) is 1.07. The number of nitro groups is 1. The second-order valence-corrected chi connectivity index (χ2v) is 2.62. The molecule has 1 aromatic rings. The Hall–Kier alpha value is -1.37. The Morgan fingerprint density at radius 1 is 1.57 bits per heavy atom. The van der Waals surface area contributed by atoms with E-state index < -0.39 is 33.6 Å². The predicted octanol–water partition coefficient (Wildman–Crippen LogP) is 2.72. The van der Waals surface area contributed by atoms with Crippen LogP contribution in [0.5, 0.6) is 0 Å². The van der Waals surface area contributed by atoms with Gasteiger partial charge in [0.2, 0.25) is 0 Å². The van der Waals surface area contributed by atoms with Crippen molar-refractivity contribution in [3.63, 3.8) is 0 Å². The van der Waals surface area contributed by atoms with Crippen molar-refractivity contribution < 1.29 is 18.1 Å². The monoisotopic (exact) mass is 226 g/mol. The summed E-state index contributed by atoms with van der Waals surface area (Å²) < 4.78 is 37.2. The van der Waals surface area contributed by atoms with E-state index in [0.717, 1.165) is 0 Å². The molecular weight excluding hydrogens is 225 g/mol. The van der Waals surface area contributed by atoms with Gasteiger partial charge in [0, 0.05) is 6.20 Å². The minimum Gasteiger partial charge on any atom is -0.258 e. The molecule has 8 heteroatoms. The molecule has 0 aromatic carbocycles. The maximum Gasteiger partial charge on any atom is 0.334 e. The third-order valence-electron chi connectivity index (χ3n) is 1.40. The third-order valence-corrected chi connectivity index (χ3v) is 1.70. The zero-order valence-corrected chi connectivity index (χ0v) is 7.13. The Morgan fingerprint density at radius 3 is 2.50 bits per heavy atom. The van der Waals surface area contributed by atoms with Crippen LogP contribution >= 0.6 is 11.6 Å². The molecular formula is C6H2ClF3N2O2. The molecule has 0 amide bonds. The second kappa shape index (κ2) is 3.79. The minimum absolute atomic E-state index is 0.603. The Labute approximate surface area is 80.5 Å². The molecule has 0 radical (unpaired) electrons. The summed E-state index contributed by atoms with van der Waals surface area (Å²) in [5.41, 5.74) is -2.53. The van der Waals surface area contributed by atoms with Crippen molar-refractivity contribution in [3.8, 4) is 0 Å². The second-order valence-electron chi connectivity index (χ2n) is 2.22. The molecule has 0 aliphatic rings. The van der Waals surface area contributed by atoms with E-state index in [-0.39, 0.29) is 0 Å². The molecule has 0 saturated heterocycles. The van der Waals surface area contributed by atoms with Crippen molar-refractivity contribution in [2.45, 2.75) is 6.43 Å². The Kier molecular flexibility index (Phi) is 2.90. The van der Waals surface area contributed by atoms with Gasteiger partial charge < -0.3 is 0 Å². The van der Waals surface area contributed by atoms with Crippen molar-refractivity contribution in [1.82, 2.24) is 4.98 Å². The number of hydrogen-bond acceptors (Lipinski definition) is 3. The molecule has 0 aliphatic heterocycles. The number of pyridine rings is 1. The topological polar surface area (TPSA) is 56.0 Å². The number of halogens is 4. The summed E-state index contributed by atoms with van der Waals surface area (Å²) in [5, 5.41) is 9.60. The number of aromatic nitrogens is 1. The molecule has 1 heterocycles. The summed E-state index contributed by atoms with van der Waals surface area (Å²) in [7, 11) is 0. The molecule has 0 N–H and O–H groups in total. The van der Waals surface area contributed by atoms with Crippen LogP contribution in [0.2, 0.25) is 5.02 Å². The van der Waals surface area contributed by atoms with Gasteiger partial charge in [-0.15, -0.1) is 0 Å². The Morgan fingerprint density at radius 2 is 2.14 bits per heavy atom. The predicted molar refractivity (Wildman–Crippen MR) is 40.8 cm³/mol. The fraction of sp³-hybridized carbons (Fsp3) is 0.167. The normalized spacial score (nSPS) is 10.6. The molecule has 1 aromatic heterocycles. The highest BCUT2D eigenvalue weighted by molar-refractivity contribution is 6.31. The molecule has 76 valence electrons. The van der Waals surface area contributed by atoms with Crippen LogP contribution in [0.4, 0.5) is 18.9 Å². The molecule has 14 heavy (non-hydrogen) atoms. The molecule has 0 fully saturated rings. The van der Waals surface area contributed by atoms with Crippen molar-refractivity contribution in [2.24, 2.45) is 0 Å². The van der Waals surface area contributed by atoms with Crippen LogP contribution in [0.15, 0.2) is 6.20 Å². The van der Waals surface area contributed by atoms with Gasteiger partial charge >= 0.3 is 5.69 Å². The first kappa shape index (κ1) is 10.7. The van der Waals surface area contributed by atoms with Gasteiger partial charge in [-0.2, -0.15) is 4.39 Å². The van der Waals surface area contributed by atoms with Crippen LogP contribution in [0, 0.1) is 16.1 Å². The molecule has 0 bridgehead atoms. The van der Waals surface area contributed by atoms with Gasteiger partial charge in [0.15, 0.2) is 0 Å². The van der Waals surface area contributed by atoms with E-state index in [0.29, 0.717) is 6.20 Å². The molecule has 0 unspecified atom stereocenters. The van der Waals surface area contributed by atoms with E-state index >= 15 is 0 Å². The molecule has 4 nitrogen and oxygen atoms in total. The smallest absolute Gasteiger partial charge is 0.258 e. The first-order chi connectivity index (χ1) is 6.45. The molecule has 0 spiro atoms. The van der Waals surface area contributed by atoms with E-state index in [2.05, 4.69) is 4.98 Å². The lowest BCUT2D eigenvalue weighted by atomic mass is 10.2. The highest BCUT2D eigenvalue weighted by atomic mass is 35.5. The average molecular weight is 227 g/mol. The van der Waals surface area contributed by atoms with E-state index in [1.165, 1.54) is 0 Å². The average Bonchev–Trinajstić information content (AvgIpc) is 2.07. The number of hydrogen-bond donors (Lipinski definition) is 0. The van der Waals surface area contributed by atoms with Gasteiger partial charge in [0.25, 0.3) is 12.4 Å². The first-order valence-electron chi connectivity index (χ1n) is 3.21. The van der Waals surface area contributed by atoms with Crippen LogP contribution in [0.25, 0.3) is 0 Å². The zero-order valence-electron chi connectivity index (χ0n) is 6.38. The summed E-state index contributed by atoms with van der Waals surface area (Å²) in [4.78, 5) is 11.8. The van der Waals surface area contributed by atoms with Gasteiger partial charge in [0.1, 0.15) is 5.56 Å². The van der Waals surface area contributed by atoms with E-state index in [1.54, 1.807) is 0 Å². The summed E-state index contributed by atoms with van der Waals surface area (Å²) in [6.45, 7) is 0. The zero-order chi connectivity index (χ0) is 10.9. The van der Waals surface area contributed by atoms with Gasteiger partial charge in [-0.3, -0.25) is 10.1 Å². The van der Waals surface area contributed by atoms with Crippen LogP contribution in [0.1, 0.15) is 12.0 Å². The van der Waals surface area contributed by atoms with Crippen LogP contribution < -0.4 is 0 Å². The van der Waals surface area contributed by atoms with Crippen LogP contribution in [-0.4, -0.2) is 9.91 Å². The van der Waals surface area contributed by atoms with E-state index in [9.17, 15) is 23.3 Å². The molecule has 0 saturated carbocycles. The third kappa shape index (κ3) is 1.77. The molecule has 1 rings (SSSR count). The number of nitrogens with zero attached hydrogens (tertiary/aromatic N) is 2. The standard InChI is InChI=1S/C6H2ClF3N2O2/c7-2-1-11-6(10)4(12(13)14)3(2)5(8)9/h1,5H. The lowest BCUT2D eigenvalue weighted by Gasteiger charge is -2.03. The molecule has 0 aliphatic carbocycles. The highest BCUT2D eigenvalue weighted by Gasteiger charge is 2.30. The fourth-order valence-electron chi connectivity index (χ4n) is 0.850. The van der Waals surface area contributed by atoms with Crippen LogP contribution in [-0.2, 0) is 0 Å². The summed E-state index contributed by atoms with van der Waals surface area (Å²) >= 11 is 5.23. The van der Waals surface area contributed by atoms with Gasteiger partial charge in [-0.25, -0.2) is 13.8 Å². The van der Waals surface area contributed by atoms with Crippen molar-refractivity contribution in [2.75, 3.05) is 0 Å². The van der Waals surface area contributed by atoms with Gasteiger partial charge in [0.05, 0.1) is 9.95 Å². The largest absolute Gasteiger partial charge is 0.334 e. The first-order valence-corrected chi connectivity index (χ1v) is 3.59. The highest BCUT2D eigenvalue weighted by Crippen LogP contribution is 2.35. The van der Waals surface area contributed by atoms with Gasteiger partial charge in [-0.1, -0.05) is 11.6 Å². The molecule has 0 atom stereocenters. The lowest BCUT2D eigenvalue weighted by molar-refractivity contribution is -0.389. The lowest BCUT2D eigenvalue weighted by Crippen LogP contribution is -2.02.